The zero-order valence-electron chi connectivity index (χ0n) is 15.4. The fourth-order valence-corrected chi connectivity index (χ4v) is 8.54. The van der Waals surface area contributed by atoms with Crippen molar-refractivity contribution in [2.24, 2.45) is 11.8 Å². The number of carbonyl (C=O) groups excluding carboxylic acids is 1. The molecule has 0 saturated heterocycles. The molecular formula is C22H28O2Si. The molecule has 1 aliphatic rings. The van der Waals surface area contributed by atoms with E-state index in [0.29, 0.717) is 18.3 Å². The van der Waals surface area contributed by atoms with Crippen LogP contribution in [0, 0.1) is 11.8 Å². The number of hydrogen-bond acceptors (Lipinski definition) is 2. The predicted molar refractivity (Wildman–Crippen MR) is 106 cm³/mol. The van der Waals surface area contributed by atoms with Crippen molar-refractivity contribution in [1.82, 2.24) is 0 Å². The summed E-state index contributed by atoms with van der Waals surface area (Å²) in [5.41, 5.74) is 0. The lowest BCUT2D eigenvalue weighted by molar-refractivity contribution is -0.108. The van der Waals surface area contributed by atoms with E-state index in [0.717, 1.165) is 19.3 Å². The van der Waals surface area contributed by atoms with Crippen molar-refractivity contribution in [1.29, 1.82) is 0 Å². The summed E-state index contributed by atoms with van der Waals surface area (Å²) in [5, 5.41) is 2.66. The molecule has 0 amide bonds. The van der Waals surface area contributed by atoms with E-state index >= 15 is 0 Å². The molecule has 3 heteroatoms. The first-order chi connectivity index (χ1) is 12.0. The smallest absolute Gasteiger partial charge is 0.261 e. The molecule has 132 valence electrons. The molecule has 2 nitrogen and oxygen atoms in total. The zero-order valence-corrected chi connectivity index (χ0v) is 16.4. The topological polar surface area (TPSA) is 26.3 Å². The van der Waals surface area contributed by atoms with E-state index in [1.165, 1.54) is 10.4 Å². The number of hydrogen-bond donors (Lipinski definition) is 0. The van der Waals surface area contributed by atoms with E-state index in [1.54, 1.807) is 0 Å². The second-order valence-corrected chi connectivity index (χ2v) is 12.4. The van der Waals surface area contributed by atoms with Gasteiger partial charge in [0.05, 0.1) is 0 Å². The molecule has 0 bridgehead atoms. The number of rotatable bonds is 7. The van der Waals surface area contributed by atoms with Gasteiger partial charge in [-0.1, -0.05) is 81.4 Å². The molecule has 2 atom stereocenters. The van der Waals surface area contributed by atoms with Gasteiger partial charge in [0, 0.05) is 13.0 Å². The Bertz CT molecular complexity index is 651. The molecule has 1 aliphatic carbocycles. The number of carbonyl (C=O) groups is 1. The largest absolute Gasteiger partial charge is 0.407 e. The Morgan fingerprint density at radius 2 is 1.48 bits per heavy atom. The Hall–Kier alpha value is -1.71. The summed E-state index contributed by atoms with van der Waals surface area (Å²) < 4.78 is 6.89. The van der Waals surface area contributed by atoms with E-state index in [4.69, 9.17) is 4.43 Å². The molecule has 1 fully saturated rings. The van der Waals surface area contributed by atoms with Crippen molar-refractivity contribution in [2.45, 2.75) is 38.7 Å². The van der Waals surface area contributed by atoms with Gasteiger partial charge in [0.15, 0.2) is 0 Å². The SMILES string of the molecule is CC(C)(C)[Si](OC[C@H]1C[C@H]1CC=O)(c1ccccc1)c1ccccc1. The molecule has 25 heavy (non-hydrogen) atoms. The maximum atomic E-state index is 10.8. The monoisotopic (exact) mass is 352 g/mol. The van der Waals surface area contributed by atoms with Crippen molar-refractivity contribution in [3.8, 4) is 0 Å². The standard InChI is InChI=1S/C22H28O2Si/c1-22(2,3)25(20-10-6-4-7-11-20,21-12-8-5-9-13-21)24-17-19-16-18(19)14-15-23/h4-13,15,18-19H,14,16-17H2,1-3H3/t18-,19-/m1/s1. The summed E-state index contributed by atoms with van der Waals surface area (Å²) in [6.45, 7) is 7.66. The van der Waals surface area contributed by atoms with Gasteiger partial charge in [0.25, 0.3) is 8.32 Å². The highest BCUT2D eigenvalue weighted by atomic mass is 28.4. The molecule has 2 aromatic carbocycles. The van der Waals surface area contributed by atoms with Crippen LogP contribution in [0.1, 0.15) is 33.6 Å². The summed E-state index contributed by atoms with van der Waals surface area (Å²) in [7, 11) is -2.41. The summed E-state index contributed by atoms with van der Waals surface area (Å²) in [6, 6.07) is 21.5. The van der Waals surface area contributed by atoms with Gasteiger partial charge in [0.1, 0.15) is 6.29 Å². The molecule has 0 radical (unpaired) electrons. The van der Waals surface area contributed by atoms with Crippen molar-refractivity contribution < 1.29 is 9.22 Å². The van der Waals surface area contributed by atoms with Gasteiger partial charge in [-0.25, -0.2) is 0 Å². The van der Waals surface area contributed by atoms with Crippen LogP contribution in [0.25, 0.3) is 0 Å². The third-order valence-corrected chi connectivity index (χ3v) is 10.4. The van der Waals surface area contributed by atoms with E-state index in [2.05, 4.69) is 81.4 Å². The minimum atomic E-state index is -2.41. The molecule has 3 rings (SSSR count). The number of benzene rings is 2. The van der Waals surface area contributed by atoms with Crippen LogP contribution in [0.3, 0.4) is 0 Å². The summed E-state index contributed by atoms with van der Waals surface area (Å²) in [4.78, 5) is 10.8. The van der Waals surface area contributed by atoms with Crippen LogP contribution in [-0.4, -0.2) is 21.2 Å². The minimum absolute atomic E-state index is 0.0186. The Morgan fingerprint density at radius 3 is 1.92 bits per heavy atom. The van der Waals surface area contributed by atoms with Crippen LogP contribution < -0.4 is 10.4 Å². The van der Waals surface area contributed by atoms with Gasteiger partial charge < -0.3 is 9.22 Å². The maximum Gasteiger partial charge on any atom is 0.261 e. The molecule has 0 aliphatic heterocycles. The van der Waals surface area contributed by atoms with E-state index in [1.807, 2.05) is 0 Å². The fraction of sp³-hybridized carbons (Fsp3) is 0.409. The second-order valence-electron chi connectivity index (χ2n) is 8.13. The lowest BCUT2D eigenvalue weighted by Gasteiger charge is -2.43. The number of aldehydes is 1. The van der Waals surface area contributed by atoms with Gasteiger partial charge in [-0.3, -0.25) is 0 Å². The molecule has 1 saturated carbocycles. The Balaban J connectivity index is 1.99. The quantitative estimate of drug-likeness (QED) is 0.560. The van der Waals surface area contributed by atoms with Crippen LogP contribution in [0.5, 0.6) is 0 Å². The van der Waals surface area contributed by atoms with Gasteiger partial charge >= 0.3 is 0 Å². The van der Waals surface area contributed by atoms with Crippen molar-refractivity contribution >= 4 is 25.0 Å². The Kier molecular flexibility index (Phi) is 5.26. The fourth-order valence-electron chi connectivity index (χ4n) is 3.92. The maximum absolute atomic E-state index is 10.8. The highest BCUT2D eigenvalue weighted by Gasteiger charge is 2.51. The van der Waals surface area contributed by atoms with E-state index in [9.17, 15) is 4.79 Å². The van der Waals surface area contributed by atoms with Gasteiger partial charge in [-0.2, -0.15) is 0 Å². The van der Waals surface area contributed by atoms with Crippen LogP contribution >= 0.6 is 0 Å². The van der Waals surface area contributed by atoms with Crippen LogP contribution in [0.15, 0.2) is 60.7 Å². The molecule has 0 unspecified atom stereocenters. The van der Waals surface area contributed by atoms with Gasteiger partial charge in [-0.05, 0) is 33.7 Å². The highest BCUT2D eigenvalue weighted by Crippen LogP contribution is 2.43. The van der Waals surface area contributed by atoms with Crippen molar-refractivity contribution in [3.63, 3.8) is 0 Å². The first-order valence-electron chi connectivity index (χ1n) is 9.17. The summed E-state index contributed by atoms with van der Waals surface area (Å²) in [6.07, 6.45) is 2.85. The molecule has 2 aromatic rings. The van der Waals surface area contributed by atoms with E-state index < -0.39 is 8.32 Å². The van der Waals surface area contributed by atoms with Crippen molar-refractivity contribution in [3.05, 3.63) is 60.7 Å². The summed E-state index contributed by atoms with van der Waals surface area (Å²) in [5.74, 6) is 1.06. The third kappa shape index (κ3) is 3.63. The molecule has 0 N–H and O–H groups in total. The molecule has 0 spiro atoms. The summed E-state index contributed by atoms with van der Waals surface area (Å²) >= 11 is 0. The molecule has 0 heterocycles. The van der Waals surface area contributed by atoms with E-state index in [-0.39, 0.29) is 5.04 Å². The predicted octanol–water partition coefficient (Wildman–Crippen LogP) is 3.79. The van der Waals surface area contributed by atoms with Gasteiger partial charge in [0.2, 0.25) is 0 Å². The Morgan fingerprint density at radius 1 is 0.960 bits per heavy atom. The third-order valence-electron chi connectivity index (χ3n) is 5.40. The normalized spacial score (nSPS) is 20.3. The van der Waals surface area contributed by atoms with Crippen molar-refractivity contribution in [2.75, 3.05) is 6.61 Å². The Labute approximate surface area is 152 Å². The molecular weight excluding hydrogens is 324 g/mol. The average Bonchev–Trinajstić information content (AvgIpc) is 3.35. The second kappa shape index (κ2) is 7.26. The highest BCUT2D eigenvalue weighted by molar-refractivity contribution is 6.99. The minimum Gasteiger partial charge on any atom is -0.407 e. The van der Waals surface area contributed by atoms with Gasteiger partial charge in [-0.15, -0.1) is 0 Å². The zero-order chi connectivity index (χ0) is 17.9. The average molecular weight is 353 g/mol. The van der Waals surface area contributed by atoms with Crippen LogP contribution in [0.2, 0.25) is 5.04 Å². The first-order valence-corrected chi connectivity index (χ1v) is 11.1. The van der Waals surface area contributed by atoms with Crippen LogP contribution in [0.4, 0.5) is 0 Å². The molecule has 0 aromatic heterocycles. The first kappa shape index (κ1) is 18.1. The lowest BCUT2D eigenvalue weighted by atomic mass is 10.2. The lowest BCUT2D eigenvalue weighted by Crippen LogP contribution is -2.66. The van der Waals surface area contributed by atoms with Crippen LogP contribution in [-0.2, 0) is 9.22 Å².